The van der Waals surface area contributed by atoms with E-state index >= 15 is 0 Å². The first-order valence-corrected chi connectivity index (χ1v) is 4.65. The number of hydrogen-bond donors (Lipinski definition) is 1. The highest BCUT2D eigenvalue weighted by Gasteiger charge is 1.94. The summed E-state index contributed by atoms with van der Waals surface area (Å²) in [7, 11) is 0. The lowest BCUT2D eigenvalue weighted by Crippen LogP contribution is -1.99. The first kappa shape index (κ1) is 11.3. The molecule has 0 bridgehead atoms. The molecule has 0 saturated carbocycles. The number of ether oxygens (including phenoxy) is 1. The molecule has 0 aliphatic heterocycles. The molecule has 1 rings (SSSR count). The van der Waals surface area contributed by atoms with E-state index in [-0.39, 0.29) is 6.61 Å². The largest absolute Gasteiger partial charge is 0.456 e. The number of carbonyl (C=O) groups is 1. The molecule has 0 radical (unpaired) electrons. The Bertz CT molecular complexity index is 399. The van der Waals surface area contributed by atoms with Crippen molar-refractivity contribution >= 4 is 5.97 Å². The predicted molar refractivity (Wildman–Crippen MR) is 55.9 cm³/mol. The minimum atomic E-state index is -0.535. The van der Waals surface area contributed by atoms with Crippen LogP contribution in [0.15, 0.2) is 24.3 Å². The van der Waals surface area contributed by atoms with Gasteiger partial charge in [-0.3, -0.25) is 0 Å². The highest BCUT2D eigenvalue weighted by molar-refractivity contribution is 5.89. The topological polar surface area (TPSA) is 46.5 Å². The fourth-order valence-corrected chi connectivity index (χ4v) is 1.04. The molecule has 0 spiro atoms. The van der Waals surface area contributed by atoms with E-state index in [4.69, 9.17) is 5.11 Å². The van der Waals surface area contributed by atoms with Gasteiger partial charge in [0.25, 0.3) is 0 Å². The number of carbonyl (C=O) groups excluding carboxylic acids is 1. The normalized spacial score (nSPS) is 8.93. The zero-order chi connectivity index (χ0) is 11.1. The second-order valence-electron chi connectivity index (χ2n) is 2.83. The monoisotopic (exact) mass is 204 g/mol. The highest BCUT2D eigenvalue weighted by atomic mass is 16.5. The number of aliphatic hydroxyl groups is 1. The molecule has 78 valence electrons. The molecule has 0 heterocycles. The lowest BCUT2D eigenvalue weighted by atomic mass is 10.1. The number of hydrogen-bond acceptors (Lipinski definition) is 3. The van der Waals surface area contributed by atoms with Gasteiger partial charge in [0.2, 0.25) is 0 Å². The maximum atomic E-state index is 10.9. The number of rotatable bonds is 2. The first-order valence-electron chi connectivity index (χ1n) is 4.65. The summed E-state index contributed by atoms with van der Waals surface area (Å²) in [5.74, 6) is 4.49. The molecule has 0 amide bonds. The van der Waals surface area contributed by atoms with Crippen molar-refractivity contribution in [2.75, 3.05) is 6.61 Å². The van der Waals surface area contributed by atoms with Gasteiger partial charge in [0.15, 0.2) is 0 Å². The molecule has 15 heavy (non-hydrogen) atoms. The lowest BCUT2D eigenvalue weighted by Gasteiger charge is -1.95. The van der Waals surface area contributed by atoms with E-state index in [9.17, 15) is 4.79 Å². The molecular formula is C12H12O3. The summed E-state index contributed by atoms with van der Waals surface area (Å²) in [6.07, 6.45) is 0. The Kier molecular flexibility index (Phi) is 4.39. The Morgan fingerprint density at radius 1 is 1.53 bits per heavy atom. The second-order valence-corrected chi connectivity index (χ2v) is 2.83. The third-order valence-corrected chi connectivity index (χ3v) is 1.69. The molecule has 0 unspecified atom stereocenters. The van der Waals surface area contributed by atoms with E-state index in [1.165, 1.54) is 0 Å². The van der Waals surface area contributed by atoms with Crippen molar-refractivity contribution in [3.8, 4) is 11.8 Å². The van der Waals surface area contributed by atoms with Crippen LogP contribution < -0.4 is 0 Å². The Hall–Kier alpha value is -1.79. The molecule has 1 aromatic rings. The van der Waals surface area contributed by atoms with Crippen LogP contribution in [0.3, 0.4) is 0 Å². The van der Waals surface area contributed by atoms with Crippen LogP contribution in [-0.2, 0) is 16.1 Å². The summed E-state index contributed by atoms with van der Waals surface area (Å²) in [5.41, 5.74) is 1.46. The van der Waals surface area contributed by atoms with Crippen molar-refractivity contribution in [2.45, 2.75) is 13.5 Å². The van der Waals surface area contributed by atoms with Gasteiger partial charge in [-0.1, -0.05) is 18.1 Å². The van der Waals surface area contributed by atoms with E-state index in [2.05, 4.69) is 16.6 Å². The number of benzene rings is 1. The minimum absolute atomic E-state index is 0.0328. The molecule has 3 nitrogen and oxygen atoms in total. The average Bonchev–Trinajstić information content (AvgIpc) is 2.27. The van der Waals surface area contributed by atoms with Crippen LogP contribution in [0.4, 0.5) is 0 Å². The zero-order valence-electron chi connectivity index (χ0n) is 8.49. The quantitative estimate of drug-likeness (QED) is 0.579. The van der Waals surface area contributed by atoms with E-state index in [0.29, 0.717) is 12.2 Å². The maximum absolute atomic E-state index is 10.9. The SMILES string of the molecule is CCOC(=O)C#Cc1cccc(CO)c1. The molecule has 0 aromatic heterocycles. The van der Waals surface area contributed by atoms with Gasteiger partial charge in [-0.05, 0) is 24.6 Å². The average molecular weight is 204 g/mol. The van der Waals surface area contributed by atoms with Crippen molar-refractivity contribution in [3.05, 3.63) is 35.4 Å². The first-order chi connectivity index (χ1) is 7.26. The van der Waals surface area contributed by atoms with E-state index < -0.39 is 5.97 Å². The van der Waals surface area contributed by atoms with Gasteiger partial charge in [-0.2, -0.15) is 0 Å². The van der Waals surface area contributed by atoms with Crippen molar-refractivity contribution in [3.63, 3.8) is 0 Å². The van der Waals surface area contributed by atoms with E-state index in [0.717, 1.165) is 5.56 Å². The summed E-state index contributed by atoms with van der Waals surface area (Å²) < 4.78 is 4.66. The van der Waals surface area contributed by atoms with Crippen LogP contribution in [0.25, 0.3) is 0 Å². The highest BCUT2D eigenvalue weighted by Crippen LogP contribution is 2.03. The smallest absolute Gasteiger partial charge is 0.384 e. The van der Waals surface area contributed by atoms with Gasteiger partial charge < -0.3 is 9.84 Å². The Balaban J connectivity index is 2.75. The molecular weight excluding hydrogens is 192 g/mol. The van der Waals surface area contributed by atoms with Gasteiger partial charge in [0.1, 0.15) is 0 Å². The second kappa shape index (κ2) is 5.84. The van der Waals surface area contributed by atoms with Crippen LogP contribution >= 0.6 is 0 Å². The Labute approximate surface area is 88.7 Å². The molecule has 0 fully saturated rings. The molecule has 1 N–H and O–H groups in total. The summed E-state index contributed by atoms with van der Waals surface area (Å²) in [6.45, 7) is 2.02. The summed E-state index contributed by atoms with van der Waals surface area (Å²) in [4.78, 5) is 10.9. The zero-order valence-corrected chi connectivity index (χ0v) is 8.49. The molecule has 3 heteroatoms. The van der Waals surface area contributed by atoms with Gasteiger partial charge in [0.05, 0.1) is 13.2 Å². The summed E-state index contributed by atoms with van der Waals surface area (Å²) >= 11 is 0. The van der Waals surface area contributed by atoms with Gasteiger partial charge >= 0.3 is 5.97 Å². The van der Waals surface area contributed by atoms with Crippen LogP contribution in [0, 0.1) is 11.8 Å². The van der Waals surface area contributed by atoms with E-state index in [1.807, 2.05) is 0 Å². The fourth-order valence-electron chi connectivity index (χ4n) is 1.04. The molecule has 0 aliphatic rings. The van der Waals surface area contributed by atoms with Crippen molar-refractivity contribution in [1.29, 1.82) is 0 Å². The van der Waals surface area contributed by atoms with Gasteiger partial charge in [-0.25, -0.2) is 4.79 Å². The standard InChI is InChI=1S/C12H12O3/c1-2-15-12(14)7-6-10-4-3-5-11(8-10)9-13/h3-5,8,13H,2,9H2,1H3. The maximum Gasteiger partial charge on any atom is 0.384 e. The molecule has 0 aliphatic carbocycles. The number of esters is 1. The van der Waals surface area contributed by atoms with Crippen molar-refractivity contribution in [2.24, 2.45) is 0 Å². The van der Waals surface area contributed by atoms with Crippen LogP contribution in [-0.4, -0.2) is 17.7 Å². The van der Waals surface area contributed by atoms with Crippen LogP contribution in [0.1, 0.15) is 18.1 Å². The fraction of sp³-hybridized carbons (Fsp3) is 0.250. The lowest BCUT2D eigenvalue weighted by molar-refractivity contribution is -0.136. The molecule has 1 aromatic carbocycles. The minimum Gasteiger partial charge on any atom is -0.456 e. The molecule has 0 atom stereocenters. The van der Waals surface area contributed by atoms with Crippen LogP contribution in [0.2, 0.25) is 0 Å². The Morgan fingerprint density at radius 2 is 2.33 bits per heavy atom. The van der Waals surface area contributed by atoms with Crippen molar-refractivity contribution in [1.82, 2.24) is 0 Å². The third kappa shape index (κ3) is 3.84. The third-order valence-electron chi connectivity index (χ3n) is 1.69. The van der Waals surface area contributed by atoms with E-state index in [1.54, 1.807) is 31.2 Å². The summed E-state index contributed by atoms with van der Waals surface area (Å²) in [6, 6.07) is 7.06. The van der Waals surface area contributed by atoms with Gasteiger partial charge in [0, 0.05) is 11.5 Å². The number of aliphatic hydroxyl groups excluding tert-OH is 1. The van der Waals surface area contributed by atoms with Gasteiger partial charge in [-0.15, -0.1) is 0 Å². The molecule has 0 saturated heterocycles. The summed E-state index contributed by atoms with van der Waals surface area (Å²) in [5, 5.41) is 8.88. The predicted octanol–water partition coefficient (Wildman–Crippen LogP) is 1.09. The van der Waals surface area contributed by atoms with Crippen LogP contribution in [0.5, 0.6) is 0 Å². The van der Waals surface area contributed by atoms with Crippen molar-refractivity contribution < 1.29 is 14.6 Å². The Morgan fingerprint density at radius 3 is 3.00 bits per heavy atom.